The van der Waals surface area contributed by atoms with Gasteiger partial charge in [0.15, 0.2) is 0 Å². The zero-order chi connectivity index (χ0) is 20.2. The maximum Gasteiger partial charge on any atom is 0.111 e. The Morgan fingerprint density at radius 2 is 1.79 bits per heavy atom. The molecule has 5 heteroatoms. The fourth-order valence-electron chi connectivity index (χ4n) is 7.58. The van der Waals surface area contributed by atoms with E-state index in [1.807, 2.05) is 6.92 Å². The largest absolute Gasteiger partial charge is 0.399 e. The summed E-state index contributed by atoms with van der Waals surface area (Å²) in [5, 5.41) is 20.0. The quantitative estimate of drug-likeness (QED) is 0.563. The lowest BCUT2D eigenvalue weighted by Crippen LogP contribution is -2.57. The maximum absolute atomic E-state index is 11.7. The molecule has 0 saturated heterocycles. The summed E-state index contributed by atoms with van der Waals surface area (Å²) in [6.07, 6.45) is 11.0. The highest BCUT2D eigenvalue weighted by molar-refractivity contribution is 5.96. The molecular formula is C23H36N2O3. The van der Waals surface area contributed by atoms with E-state index < -0.39 is 5.60 Å². The number of rotatable bonds is 3. The van der Waals surface area contributed by atoms with Crippen molar-refractivity contribution in [2.45, 2.75) is 77.7 Å². The molecule has 0 aromatic carbocycles. The van der Waals surface area contributed by atoms with Gasteiger partial charge in [-0.1, -0.05) is 29.7 Å². The molecule has 0 unspecified atom stereocenters. The van der Waals surface area contributed by atoms with E-state index >= 15 is 0 Å². The first-order valence-electron chi connectivity index (χ1n) is 10.9. The van der Waals surface area contributed by atoms with Crippen molar-refractivity contribution in [2.24, 2.45) is 38.9 Å². The summed E-state index contributed by atoms with van der Waals surface area (Å²) < 4.78 is 0. The van der Waals surface area contributed by atoms with Gasteiger partial charge in [0.2, 0.25) is 0 Å². The van der Waals surface area contributed by atoms with E-state index in [-0.39, 0.29) is 10.8 Å². The molecule has 0 bridgehead atoms. The Labute approximate surface area is 169 Å². The van der Waals surface area contributed by atoms with Gasteiger partial charge in [-0.15, -0.1) is 0 Å². The number of aliphatic hydroxyl groups is 1. The Morgan fingerprint density at radius 1 is 1.04 bits per heavy atom. The summed E-state index contributed by atoms with van der Waals surface area (Å²) in [5.41, 5.74) is 2.75. The number of oxime groups is 2. The van der Waals surface area contributed by atoms with Gasteiger partial charge in [-0.25, -0.2) is 0 Å². The average molecular weight is 389 g/mol. The van der Waals surface area contributed by atoms with E-state index in [4.69, 9.17) is 9.68 Å². The molecule has 0 aliphatic heterocycles. The third-order valence-electron chi connectivity index (χ3n) is 9.16. The van der Waals surface area contributed by atoms with Crippen LogP contribution < -0.4 is 0 Å². The van der Waals surface area contributed by atoms with Crippen LogP contribution in [0, 0.1) is 28.6 Å². The topological polar surface area (TPSA) is 63.4 Å². The average Bonchev–Trinajstić information content (AvgIpc) is 2.95. The standard InChI is InChI=1S/C23H36N2O3/c1-15(24-27-4)23(26)13-10-20-18-7-6-16-14-17(25-28-5)8-11-21(16,2)19(18)9-12-22(20,23)3/h14,18-20,26H,6-13H2,1-5H3/b24-15+,25-17+/t18-,19+,20+,21+,22+,23+/m1/s1. The molecule has 4 rings (SSSR count). The van der Waals surface area contributed by atoms with Gasteiger partial charge < -0.3 is 14.8 Å². The molecule has 28 heavy (non-hydrogen) atoms. The van der Waals surface area contributed by atoms with Crippen LogP contribution in [0.5, 0.6) is 0 Å². The summed E-state index contributed by atoms with van der Waals surface area (Å²) in [6, 6.07) is 0. The van der Waals surface area contributed by atoms with E-state index in [2.05, 4.69) is 30.2 Å². The van der Waals surface area contributed by atoms with Crippen molar-refractivity contribution in [3.63, 3.8) is 0 Å². The molecule has 3 saturated carbocycles. The highest BCUT2D eigenvalue weighted by Gasteiger charge is 2.64. The molecule has 0 heterocycles. The van der Waals surface area contributed by atoms with Gasteiger partial charge in [0.05, 0.1) is 11.4 Å². The number of hydrogen-bond donors (Lipinski definition) is 1. The SMILES string of the molecule is CO/N=C1/C=C2CC[C@@H]3[C@H](CC[C@@]4(C)[C@H]3CC[C@]4(O)/C(C)=N/OC)[C@@]2(C)CC1. The molecular weight excluding hydrogens is 352 g/mol. The lowest BCUT2D eigenvalue weighted by molar-refractivity contribution is -0.0954. The van der Waals surface area contributed by atoms with E-state index in [0.29, 0.717) is 17.8 Å². The second-order valence-electron chi connectivity index (χ2n) is 9.98. The molecule has 0 radical (unpaired) electrons. The predicted molar refractivity (Wildman–Crippen MR) is 111 cm³/mol. The lowest BCUT2D eigenvalue weighted by atomic mass is 9.46. The predicted octanol–water partition coefficient (Wildman–Crippen LogP) is 4.71. The van der Waals surface area contributed by atoms with Gasteiger partial charge >= 0.3 is 0 Å². The molecule has 0 aromatic heterocycles. The molecule has 4 aliphatic rings. The number of hydrogen-bond acceptors (Lipinski definition) is 5. The zero-order valence-electron chi connectivity index (χ0n) is 18.1. The van der Waals surface area contributed by atoms with E-state index in [1.165, 1.54) is 19.3 Å². The Balaban J connectivity index is 1.65. The van der Waals surface area contributed by atoms with Crippen molar-refractivity contribution in [1.82, 2.24) is 0 Å². The van der Waals surface area contributed by atoms with Crippen LogP contribution >= 0.6 is 0 Å². The van der Waals surface area contributed by atoms with Crippen molar-refractivity contribution >= 4 is 11.4 Å². The molecule has 0 aromatic rings. The van der Waals surface area contributed by atoms with Crippen LogP contribution in [0.3, 0.4) is 0 Å². The summed E-state index contributed by atoms with van der Waals surface area (Å²) in [4.78, 5) is 10.1. The van der Waals surface area contributed by atoms with Gasteiger partial charge in [0.25, 0.3) is 0 Å². The molecule has 1 N–H and O–H groups in total. The third-order valence-corrected chi connectivity index (χ3v) is 9.16. The Bertz CT molecular complexity index is 729. The fourth-order valence-corrected chi connectivity index (χ4v) is 7.58. The van der Waals surface area contributed by atoms with Crippen molar-refractivity contribution in [3.8, 4) is 0 Å². The van der Waals surface area contributed by atoms with Gasteiger partial charge in [-0.3, -0.25) is 0 Å². The normalized spacial score (nSPS) is 47.1. The number of fused-ring (bicyclic) bond motifs is 5. The van der Waals surface area contributed by atoms with Crippen LogP contribution in [0.15, 0.2) is 22.0 Å². The first-order valence-corrected chi connectivity index (χ1v) is 10.9. The van der Waals surface area contributed by atoms with Crippen molar-refractivity contribution in [1.29, 1.82) is 0 Å². The van der Waals surface area contributed by atoms with Crippen LogP contribution in [0.2, 0.25) is 0 Å². The van der Waals surface area contributed by atoms with Crippen LogP contribution in [0.1, 0.15) is 72.1 Å². The van der Waals surface area contributed by atoms with Gasteiger partial charge in [0, 0.05) is 5.41 Å². The van der Waals surface area contributed by atoms with Crippen molar-refractivity contribution < 1.29 is 14.8 Å². The molecule has 5 nitrogen and oxygen atoms in total. The fraction of sp³-hybridized carbons (Fsp3) is 0.826. The van der Waals surface area contributed by atoms with Crippen LogP contribution in [-0.2, 0) is 9.68 Å². The second-order valence-corrected chi connectivity index (χ2v) is 9.98. The first kappa shape index (κ1) is 19.9. The third kappa shape index (κ3) is 2.61. The molecule has 3 fully saturated rings. The Morgan fingerprint density at radius 3 is 2.50 bits per heavy atom. The van der Waals surface area contributed by atoms with E-state index in [1.54, 1.807) is 19.8 Å². The van der Waals surface area contributed by atoms with Gasteiger partial charge in [-0.2, -0.15) is 0 Å². The van der Waals surface area contributed by atoms with Crippen LogP contribution in [-0.4, -0.2) is 36.4 Å². The molecule has 0 amide bonds. The summed E-state index contributed by atoms with van der Waals surface area (Å²) in [6.45, 7) is 6.73. The number of nitrogens with zero attached hydrogens (tertiary/aromatic N) is 2. The minimum Gasteiger partial charge on any atom is -0.399 e. The Kier molecular flexibility index (Phi) is 4.88. The zero-order valence-corrected chi connectivity index (χ0v) is 18.1. The van der Waals surface area contributed by atoms with E-state index in [0.717, 1.165) is 43.5 Å². The van der Waals surface area contributed by atoms with Crippen molar-refractivity contribution in [2.75, 3.05) is 14.2 Å². The second kappa shape index (κ2) is 6.86. The Hall–Kier alpha value is -1.36. The van der Waals surface area contributed by atoms with E-state index in [9.17, 15) is 5.11 Å². The highest BCUT2D eigenvalue weighted by atomic mass is 16.6. The van der Waals surface area contributed by atoms with Gasteiger partial charge in [0.1, 0.15) is 19.8 Å². The summed E-state index contributed by atoms with van der Waals surface area (Å²) in [7, 11) is 3.20. The van der Waals surface area contributed by atoms with Crippen LogP contribution in [0.25, 0.3) is 0 Å². The molecule has 0 spiro atoms. The monoisotopic (exact) mass is 388 g/mol. The summed E-state index contributed by atoms with van der Waals surface area (Å²) in [5.74, 6) is 1.95. The summed E-state index contributed by atoms with van der Waals surface area (Å²) >= 11 is 0. The first-order chi connectivity index (χ1) is 13.3. The van der Waals surface area contributed by atoms with Crippen molar-refractivity contribution in [3.05, 3.63) is 11.6 Å². The smallest absolute Gasteiger partial charge is 0.111 e. The minimum atomic E-state index is -0.833. The lowest BCUT2D eigenvalue weighted by Gasteiger charge is -2.59. The molecule has 6 atom stereocenters. The minimum absolute atomic E-state index is 0.102. The highest BCUT2D eigenvalue weighted by Crippen LogP contribution is 2.67. The van der Waals surface area contributed by atoms with Crippen LogP contribution in [0.4, 0.5) is 0 Å². The van der Waals surface area contributed by atoms with Gasteiger partial charge in [-0.05, 0) is 87.5 Å². The number of allylic oxidation sites excluding steroid dienone is 2. The maximum atomic E-state index is 11.7. The molecule has 4 aliphatic carbocycles. The molecule has 156 valence electrons.